The molecule has 0 heterocycles. The third-order valence-corrected chi connectivity index (χ3v) is 3.16. The topological polar surface area (TPSA) is 41.9 Å². The van der Waals surface area contributed by atoms with E-state index in [1.807, 2.05) is 50.4 Å². The molecule has 104 valence electrons. The molecule has 5 heteroatoms. The molecule has 4 nitrogen and oxygen atoms in total. The standard InChI is InChI=1S/C14H20N2O2S/c1-4-15-13(19-3)16(5-2)14(17)18-11-12-9-7-6-8-10-12/h6-10H,4-5,11H2,1-3H3. The van der Waals surface area contributed by atoms with Gasteiger partial charge in [0.25, 0.3) is 0 Å². The van der Waals surface area contributed by atoms with Gasteiger partial charge in [-0.25, -0.2) is 4.79 Å². The van der Waals surface area contributed by atoms with Crippen LogP contribution in [0.4, 0.5) is 4.79 Å². The van der Waals surface area contributed by atoms with Crippen molar-refractivity contribution in [2.75, 3.05) is 19.3 Å². The Morgan fingerprint density at radius 3 is 2.53 bits per heavy atom. The van der Waals surface area contributed by atoms with Crippen molar-refractivity contribution in [3.8, 4) is 0 Å². The summed E-state index contributed by atoms with van der Waals surface area (Å²) < 4.78 is 5.30. The molecule has 1 amide bonds. The summed E-state index contributed by atoms with van der Waals surface area (Å²) in [6, 6.07) is 9.64. The second-order valence-electron chi connectivity index (χ2n) is 3.75. The Morgan fingerprint density at radius 2 is 2.00 bits per heavy atom. The third-order valence-electron chi connectivity index (χ3n) is 2.45. The zero-order valence-electron chi connectivity index (χ0n) is 11.6. The van der Waals surface area contributed by atoms with Gasteiger partial charge in [-0.3, -0.25) is 9.89 Å². The van der Waals surface area contributed by atoms with Crippen molar-refractivity contribution in [1.29, 1.82) is 0 Å². The molecular formula is C14H20N2O2S. The molecule has 0 fully saturated rings. The Balaban J connectivity index is 2.62. The molecule has 0 aromatic heterocycles. The van der Waals surface area contributed by atoms with Gasteiger partial charge in [0.05, 0.1) is 0 Å². The lowest BCUT2D eigenvalue weighted by Gasteiger charge is -2.20. The number of amidine groups is 1. The number of amides is 1. The molecule has 0 unspecified atom stereocenters. The van der Waals surface area contributed by atoms with Gasteiger partial charge in [0.1, 0.15) is 6.61 Å². The maximum absolute atomic E-state index is 12.0. The monoisotopic (exact) mass is 280 g/mol. The normalized spacial score (nSPS) is 11.2. The van der Waals surface area contributed by atoms with E-state index < -0.39 is 0 Å². The van der Waals surface area contributed by atoms with Crippen LogP contribution in [0.15, 0.2) is 35.3 Å². The number of carbonyl (C=O) groups excluding carboxylic acids is 1. The van der Waals surface area contributed by atoms with E-state index >= 15 is 0 Å². The smallest absolute Gasteiger partial charge is 0.416 e. The van der Waals surface area contributed by atoms with Crippen molar-refractivity contribution in [2.45, 2.75) is 20.5 Å². The molecule has 0 atom stereocenters. The fourth-order valence-corrected chi connectivity index (χ4v) is 2.22. The third kappa shape index (κ3) is 4.95. The highest BCUT2D eigenvalue weighted by molar-refractivity contribution is 8.13. The fourth-order valence-electron chi connectivity index (χ4n) is 1.54. The number of nitrogens with zero attached hydrogens (tertiary/aromatic N) is 2. The Morgan fingerprint density at radius 1 is 1.32 bits per heavy atom. The van der Waals surface area contributed by atoms with E-state index in [4.69, 9.17) is 4.74 Å². The van der Waals surface area contributed by atoms with Gasteiger partial charge in [-0.05, 0) is 25.7 Å². The Bertz CT molecular complexity index is 421. The molecule has 0 spiro atoms. The van der Waals surface area contributed by atoms with Gasteiger partial charge in [0, 0.05) is 13.1 Å². The van der Waals surface area contributed by atoms with Crippen molar-refractivity contribution in [3.05, 3.63) is 35.9 Å². The molecule has 1 aromatic rings. The second kappa shape index (κ2) is 8.58. The van der Waals surface area contributed by atoms with Gasteiger partial charge in [-0.15, -0.1) is 0 Å². The minimum atomic E-state index is -0.354. The van der Waals surface area contributed by atoms with E-state index in [9.17, 15) is 4.79 Å². The SMILES string of the molecule is CCN=C(SC)N(CC)C(=O)OCc1ccccc1. The largest absolute Gasteiger partial charge is 0.444 e. The summed E-state index contributed by atoms with van der Waals surface area (Å²) >= 11 is 1.45. The molecule has 0 aliphatic rings. The van der Waals surface area contributed by atoms with Crippen LogP contribution in [0.25, 0.3) is 0 Å². The first-order valence-corrected chi connectivity index (χ1v) is 7.52. The minimum Gasteiger partial charge on any atom is -0.444 e. The van der Waals surface area contributed by atoms with E-state index in [0.29, 0.717) is 18.3 Å². The van der Waals surface area contributed by atoms with Gasteiger partial charge >= 0.3 is 6.09 Å². The average Bonchev–Trinajstić information content (AvgIpc) is 2.46. The number of ether oxygens (including phenoxy) is 1. The quantitative estimate of drug-likeness (QED) is 0.627. The maximum Gasteiger partial charge on any atom is 0.416 e. The summed E-state index contributed by atoms with van der Waals surface area (Å²) in [6.07, 6.45) is 1.55. The van der Waals surface area contributed by atoms with Gasteiger partial charge in [-0.1, -0.05) is 42.1 Å². The van der Waals surface area contributed by atoms with Crippen LogP contribution in [-0.2, 0) is 11.3 Å². The summed E-state index contributed by atoms with van der Waals surface area (Å²) in [5.74, 6) is 0. The molecule has 0 N–H and O–H groups in total. The van der Waals surface area contributed by atoms with E-state index in [-0.39, 0.29) is 12.7 Å². The number of hydrogen-bond donors (Lipinski definition) is 0. The number of benzene rings is 1. The molecule has 0 aliphatic carbocycles. The number of carbonyl (C=O) groups is 1. The summed E-state index contributed by atoms with van der Waals surface area (Å²) in [5.41, 5.74) is 0.977. The maximum atomic E-state index is 12.0. The lowest BCUT2D eigenvalue weighted by Crippen LogP contribution is -2.35. The summed E-state index contributed by atoms with van der Waals surface area (Å²) in [6.45, 7) is 5.33. The van der Waals surface area contributed by atoms with Crippen molar-refractivity contribution < 1.29 is 9.53 Å². The van der Waals surface area contributed by atoms with Crippen molar-refractivity contribution in [1.82, 2.24) is 4.90 Å². The molecule has 1 rings (SSSR count). The van der Waals surface area contributed by atoms with Gasteiger partial charge < -0.3 is 4.74 Å². The predicted molar refractivity (Wildman–Crippen MR) is 80.5 cm³/mol. The fraction of sp³-hybridized carbons (Fsp3) is 0.429. The minimum absolute atomic E-state index is 0.282. The second-order valence-corrected chi connectivity index (χ2v) is 4.52. The Hall–Kier alpha value is -1.49. The molecule has 1 aromatic carbocycles. The van der Waals surface area contributed by atoms with E-state index in [0.717, 1.165) is 5.56 Å². The molecule has 0 radical (unpaired) electrons. The van der Waals surface area contributed by atoms with Crippen LogP contribution in [-0.4, -0.2) is 35.5 Å². The first kappa shape index (κ1) is 15.6. The lowest BCUT2D eigenvalue weighted by molar-refractivity contribution is 0.118. The van der Waals surface area contributed by atoms with E-state index in [2.05, 4.69) is 4.99 Å². The number of aliphatic imine (C=N–C) groups is 1. The number of hydrogen-bond acceptors (Lipinski definition) is 4. The van der Waals surface area contributed by atoms with Gasteiger partial charge in [0.15, 0.2) is 5.17 Å². The van der Waals surface area contributed by atoms with E-state index in [1.165, 1.54) is 11.8 Å². The van der Waals surface area contributed by atoms with Crippen molar-refractivity contribution in [2.24, 2.45) is 4.99 Å². The van der Waals surface area contributed by atoms with Crippen molar-refractivity contribution in [3.63, 3.8) is 0 Å². The van der Waals surface area contributed by atoms with Crippen LogP contribution in [0.3, 0.4) is 0 Å². The summed E-state index contributed by atoms with van der Waals surface area (Å²) in [5, 5.41) is 0.697. The zero-order chi connectivity index (χ0) is 14.1. The van der Waals surface area contributed by atoms with Crippen LogP contribution >= 0.6 is 11.8 Å². The number of thioether (sulfide) groups is 1. The number of rotatable bonds is 4. The lowest BCUT2D eigenvalue weighted by atomic mass is 10.2. The zero-order valence-corrected chi connectivity index (χ0v) is 12.4. The van der Waals surface area contributed by atoms with Gasteiger partial charge in [0.2, 0.25) is 0 Å². The van der Waals surface area contributed by atoms with Crippen LogP contribution in [0.5, 0.6) is 0 Å². The highest BCUT2D eigenvalue weighted by Crippen LogP contribution is 2.09. The molecular weight excluding hydrogens is 260 g/mol. The molecule has 0 saturated carbocycles. The predicted octanol–water partition coefficient (Wildman–Crippen LogP) is 3.38. The van der Waals surface area contributed by atoms with Crippen LogP contribution in [0.1, 0.15) is 19.4 Å². The molecule has 0 bridgehead atoms. The van der Waals surface area contributed by atoms with Crippen LogP contribution in [0.2, 0.25) is 0 Å². The van der Waals surface area contributed by atoms with E-state index in [1.54, 1.807) is 4.90 Å². The van der Waals surface area contributed by atoms with Crippen LogP contribution < -0.4 is 0 Å². The van der Waals surface area contributed by atoms with Crippen molar-refractivity contribution >= 4 is 23.0 Å². The first-order valence-electron chi connectivity index (χ1n) is 6.29. The highest BCUT2D eigenvalue weighted by atomic mass is 32.2. The molecule has 19 heavy (non-hydrogen) atoms. The average molecular weight is 280 g/mol. The Kier molecular flexibility index (Phi) is 7.03. The van der Waals surface area contributed by atoms with Crippen LogP contribution in [0, 0.1) is 0 Å². The Labute approximate surface area is 118 Å². The highest BCUT2D eigenvalue weighted by Gasteiger charge is 2.18. The summed E-state index contributed by atoms with van der Waals surface area (Å²) in [7, 11) is 0. The summed E-state index contributed by atoms with van der Waals surface area (Å²) in [4.78, 5) is 17.9. The molecule has 0 saturated heterocycles. The molecule has 0 aliphatic heterocycles. The first-order chi connectivity index (χ1) is 9.22. The van der Waals surface area contributed by atoms with Gasteiger partial charge in [-0.2, -0.15) is 0 Å².